The zero-order valence-corrected chi connectivity index (χ0v) is 16.4. The van der Waals surface area contributed by atoms with E-state index in [0.29, 0.717) is 5.82 Å². The molecule has 3 aromatic rings. The smallest absolute Gasteiger partial charge is 0.211 e. The lowest BCUT2D eigenvalue weighted by molar-refractivity contribution is 0.475. The van der Waals surface area contributed by atoms with Gasteiger partial charge in [-0.3, -0.25) is 0 Å². The number of aromatic nitrogens is 2. The molecule has 0 radical (unpaired) electrons. The third-order valence-corrected chi connectivity index (χ3v) is 6.00. The van der Waals surface area contributed by atoms with Crippen LogP contribution >= 0.6 is 0 Å². The van der Waals surface area contributed by atoms with E-state index in [-0.39, 0.29) is 21.4 Å². The minimum absolute atomic E-state index is 0.00152. The van der Waals surface area contributed by atoms with Crippen molar-refractivity contribution in [1.29, 1.82) is 0 Å². The Morgan fingerprint density at radius 1 is 0.963 bits per heavy atom. The SMILES string of the molecule is Cc1cc(C)c(Nc2nc(C)ncc2S(=O)(=O)c2ccc(O)cc2)c(C)c1. The molecule has 0 fully saturated rings. The molecule has 0 aliphatic rings. The van der Waals surface area contributed by atoms with Crippen molar-refractivity contribution >= 4 is 21.3 Å². The second-order valence-corrected chi connectivity index (χ2v) is 8.44. The van der Waals surface area contributed by atoms with E-state index in [1.807, 2.05) is 32.9 Å². The number of aryl methyl sites for hydroxylation is 4. The van der Waals surface area contributed by atoms with Gasteiger partial charge in [-0.1, -0.05) is 17.7 Å². The van der Waals surface area contributed by atoms with Crippen LogP contribution in [0.5, 0.6) is 5.75 Å². The summed E-state index contributed by atoms with van der Waals surface area (Å²) in [4.78, 5) is 8.45. The van der Waals surface area contributed by atoms with Gasteiger partial charge in [-0.2, -0.15) is 0 Å². The highest BCUT2D eigenvalue weighted by Crippen LogP contribution is 2.31. The lowest BCUT2D eigenvalue weighted by Gasteiger charge is -2.16. The van der Waals surface area contributed by atoms with Gasteiger partial charge in [0.15, 0.2) is 5.82 Å². The Morgan fingerprint density at radius 3 is 2.15 bits per heavy atom. The molecular formula is C20H21N3O3S. The Balaban J connectivity index is 2.13. The number of phenols is 1. The summed E-state index contributed by atoms with van der Waals surface area (Å²) in [7, 11) is -3.86. The van der Waals surface area contributed by atoms with Crippen molar-refractivity contribution in [2.75, 3.05) is 5.32 Å². The molecule has 2 N–H and O–H groups in total. The van der Waals surface area contributed by atoms with E-state index in [9.17, 15) is 13.5 Å². The van der Waals surface area contributed by atoms with Gasteiger partial charge in [-0.05, 0) is 63.1 Å². The molecule has 0 unspecified atom stereocenters. The lowest BCUT2D eigenvalue weighted by Crippen LogP contribution is -2.10. The van der Waals surface area contributed by atoms with E-state index < -0.39 is 9.84 Å². The van der Waals surface area contributed by atoms with Gasteiger partial charge in [0.1, 0.15) is 16.5 Å². The Kier molecular flexibility index (Phi) is 4.89. The summed E-state index contributed by atoms with van der Waals surface area (Å²) in [5.41, 5.74) is 3.95. The van der Waals surface area contributed by atoms with Crippen LogP contribution in [0.1, 0.15) is 22.5 Å². The molecule has 1 aromatic heterocycles. The third kappa shape index (κ3) is 3.78. The first-order chi connectivity index (χ1) is 12.7. The Labute approximate surface area is 158 Å². The highest BCUT2D eigenvalue weighted by atomic mass is 32.2. The van der Waals surface area contributed by atoms with Crippen molar-refractivity contribution in [2.24, 2.45) is 0 Å². The molecule has 1 heterocycles. The van der Waals surface area contributed by atoms with Gasteiger partial charge >= 0.3 is 0 Å². The number of anilines is 2. The van der Waals surface area contributed by atoms with Gasteiger partial charge in [0.25, 0.3) is 0 Å². The fourth-order valence-electron chi connectivity index (χ4n) is 2.99. The molecular weight excluding hydrogens is 362 g/mol. The van der Waals surface area contributed by atoms with Crippen LogP contribution in [0.2, 0.25) is 0 Å². The minimum Gasteiger partial charge on any atom is -0.508 e. The molecule has 7 heteroatoms. The van der Waals surface area contributed by atoms with Gasteiger partial charge < -0.3 is 10.4 Å². The first kappa shape index (κ1) is 18.8. The molecule has 0 saturated heterocycles. The molecule has 3 rings (SSSR count). The zero-order valence-electron chi connectivity index (χ0n) is 15.6. The highest BCUT2D eigenvalue weighted by molar-refractivity contribution is 7.91. The van der Waals surface area contributed by atoms with E-state index in [1.54, 1.807) is 6.92 Å². The van der Waals surface area contributed by atoms with Gasteiger partial charge in [0.05, 0.1) is 11.1 Å². The van der Waals surface area contributed by atoms with Crippen LogP contribution in [-0.4, -0.2) is 23.5 Å². The van der Waals surface area contributed by atoms with Gasteiger partial charge in [0, 0.05) is 5.69 Å². The van der Waals surface area contributed by atoms with Crippen molar-refractivity contribution in [3.05, 3.63) is 65.1 Å². The van der Waals surface area contributed by atoms with Crippen molar-refractivity contribution in [1.82, 2.24) is 9.97 Å². The second kappa shape index (κ2) is 7.00. The lowest BCUT2D eigenvalue weighted by atomic mass is 10.1. The van der Waals surface area contributed by atoms with E-state index in [4.69, 9.17) is 0 Å². The Bertz CT molecular complexity index is 1080. The molecule has 27 heavy (non-hydrogen) atoms. The van der Waals surface area contributed by atoms with E-state index in [2.05, 4.69) is 15.3 Å². The van der Waals surface area contributed by atoms with E-state index >= 15 is 0 Å². The van der Waals surface area contributed by atoms with Crippen molar-refractivity contribution in [3.63, 3.8) is 0 Å². The van der Waals surface area contributed by atoms with Crippen LogP contribution in [0.15, 0.2) is 52.4 Å². The average molecular weight is 383 g/mol. The monoisotopic (exact) mass is 383 g/mol. The highest BCUT2D eigenvalue weighted by Gasteiger charge is 2.24. The number of hydrogen-bond acceptors (Lipinski definition) is 6. The van der Waals surface area contributed by atoms with Crippen molar-refractivity contribution in [2.45, 2.75) is 37.5 Å². The van der Waals surface area contributed by atoms with Gasteiger partial charge in [-0.15, -0.1) is 0 Å². The standard InChI is InChI=1S/C20H21N3O3S/c1-12-9-13(2)19(14(3)10-12)23-20-18(11-21-15(4)22-20)27(25,26)17-7-5-16(24)6-8-17/h5-11,24H,1-4H3,(H,21,22,23). The topological polar surface area (TPSA) is 92.2 Å². The molecule has 2 aromatic carbocycles. The fraction of sp³-hybridized carbons (Fsp3) is 0.200. The molecule has 6 nitrogen and oxygen atoms in total. The van der Waals surface area contributed by atoms with E-state index in [1.165, 1.54) is 30.5 Å². The number of nitrogens with zero attached hydrogens (tertiary/aromatic N) is 2. The summed E-state index contributed by atoms with van der Waals surface area (Å²) in [5.74, 6) is 0.688. The maximum Gasteiger partial charge on any atom is 0.211 e. The predicted octanol–water partition coefficient (Wildman–Crippen LogP) is 3.99. The first-order valence-electron chi connectivity index (χ1n) is 8.41. The van der Waals surface area contributed by atoms with Crippen LogP contribution in [0.25, 0.3) is 0 Å². The summed E-state index contributed by atoms with van der Waals surface area (Å²) >= 11 is 0. The molecule has 0 amide bonds. The van der Waals surface area contributed by atoms with Gasteiger partial charge in [-0.25, -0.2) is 18.4 Å². The fourth-order valence-corrected chi connectivity index (χ4v) is 4.28. The maximum absolute atomic E-state index is 13.1. The van der Waals surface area contributed by atoms with E-state index in [0.717, 1.165) is 22.4 Å². The first-order valence-corrected chi connectivity index (χ1v) is 9.89. The second-order valence-electron chi connectivity index (χ2n) is 6.53. The molecule has 0 spiro atoms. The largest absolute Gasteiger partial charge is 0.508 e. The predicted molar refractivity (Wildman–Crippen MR) is 104 cm³/mol. The van der Waals surface area contributed by atoms with Crippen LogP contribution in [-0.2, 0) is 9.84 Å². The number of benzene rings is 2. The molecule has 0 saturated carbocycles. The summed E-state index contributed by atoms with van der Waals surface area (Å²) in [6.45, 7) is 7.64. The summed E-state index contributed by atoms with van der Waals surface area (Å²) < 4.78 is 26.2. The summed E-state index contributed by atoms with van der Waals surface area (Å²) in [5, 5.41) is 12.6. The number of rotatable bonds is 4. The number of sulfone groups is 1. The number of phenolic OH excluding ortho intramolecular Hbond substituents is 1. The third-order valence-electron chi connectivity index (χ3n) is 4.23. The quantitative estimate of drug-likeness (QED) is 0.708. The van der Waals surface area contributed by atoms with Crippen molar-refractivity contribution < 1.29 is 13.5 Å². The summed E-state index contributed by atoms with van der Waals surface area (Å²) in [6, 6.07) is 9.44. The number of nitrogens with one attached hydrogen (secondary N) is 1. The minimum atomic E-state index is -3.86. The van der Waals surface area contributed by atoms with Crippen LogP contribution in [0.4, 0.5) is 11.5 Å². The molecule has 0 aliphatic carbocycles. The van der Waals surface area contributed by atoms with Crippen LogP contribution in [0, 0.1) is 27.7 Å². The Morgan fingerprint density at radius 2 is 1.56 bits per heavy atom. The van der Waals surface area contributed by atoms with Gasteiger partial charge in [0.2, 0.25) is 9.84 Å². The molecule has 0 atom stereocenters. The van der Waals surface area contributed by atoms with Crippen LogP contribution < -0.4 is 5.32 Å². The molecule has 140 valence electrons. The van der Waals surface area contributed by atoms with Crippen LogP contribution in [0.3, 0.4) is 0 Å². The zero-order chi connectivity index (χ0) is 19.8. The Hall–Kier alpha value is -2.93. The molecule has 0 aliphatic heterocycles. The maximum atomic E-state index is 13.1. The van der Waals surface area contributed by atoms with Crippen molar-refractivity contribution in [3.8, 4) is 5.75 Å². The summed E-state index contributed by atoms with van der Waals surface area (Å²) in [6.07, 6.45) is 1.31. The normalized spacial score (nSPS) is 11.4. The number of aromatic hydroxyl groups is 1. The molecule has 0 bridgehead atoms. The average Bonchev–Trinajstić information content (AvgIpc) is 2.58. The number of hydrogen-bond donors (Lipinski definition) is 2.